The maximum atomic E-state index is 13.4. The Morgan fingerprint density at radius 1 is 0.870 bits per heavy atom. The summed E-state index contributed by atoms with van der Waals surface area (Å²) in [4.78, 5) is 0. The van der Waals surface area contributed by atoms with Crippen molar-refractivity contribution in [1.29, 1.82) is 0 Å². The second-order valence-corrected chi connectivity index (χ2v) is 6.68. The lowest BCUT2D eigenvalue weighted by molar-refractivity contribution is 0.377. The maximum Gasteiger partial charge on any atom is 0.200 e. The summed E-state index contributed by atoms with van der Waals surface area (Å²) in [5.41, 5.74) is -0.431. The van der Waals surface area contributed by atoms with E-state index in [2.05, 4.69) is 15.9 Å². The first kappa shape index (κ1) is 17.8. The fraction of sp³-hybridized carbons (Fsp3) is 0.0667. The molecule has 2 aromatic carbocycles. The molecule has 0 heterocycles. The predicted molar refractivity (Wildman–Crippen MR) is 81.3 cm³/mol. The van der Waals surface area contributed by atoms with Gasteiger partial charge in [-0.15, -0.1) is 0 Å². The van der Waals surface area contributed by atoms with Gasteiger partial charge in [0.25, 0.3) is 0 Å². The maximum absolute atomic E-state index is 13.4. The van der Waals surface area contributed by atoms with Crippen molar-refractivity contribution in [2.45, 2.75) is 5.75 Å². The van der Waals surface area contributed by atoms with Crippen LogP contribution < -0.4 is 0 Å². The Balaban J connectivity index is 2.23. The van der Waals surface area contributed by atoms with Gasteiger partial charge in [0, 0.05) is 9.88 Å². The van der Waals surface area contributed by atoms with E-state index in [0.717, 1.165) is 9.88 Å². The molecule has 0 aromatic heterocycles. The van der Waals surface area contributed by atoms with Crippen molar-refractivity contribution in [1.82, 2.24) is 0 Å². The Morgan fingerprint density at radius 2 is 1.35 bits per heavy atom. The Labute approximate surface area is 139 Å². The average molecular weight is 411 g/mol. The highest BCUT2D eigenvalue weighted by atomic mass is 79.9. The fourth-order valence-electron chi connectivity index (χ4n) is 1.71. The molecule has 0 bridgehead atoms. The summed E-state index contributed by atoms with van der Waals surface area (Å²) in [5.74, 6) is -10.2. The number of halogens is 6. The van der Waals surface area contributed by atoms with Crippen LogP contribution >= 0.6 is 15.9 Å². The lowest BCUT2D eigenvalue weighted by Gasteiger charge is -2.04. The molecule has 1 nitrogen and oxygen atoms in total. The van der Waals surface area contributed by atoms with E-state index in [4.69, 9.17) is 0 Å². The summed E-state index contributed by atoms with van der Waals surface area (Å²) in [6.07, 6.45) is 0.630. The number of hydrogen-bond donors (Lipinski definition) is 0. The van der Waals surface area contributed by atoms with E-state index in [1.54, 1.807) is 24.3 Å². The fourth-order valence-corrected chi connectivity index (χ4v) is 2.87. The van der Waals surface area contributed by atoms with Gasteiger partial charge in [-0.1, -0.05) is 28.1 Å². The molecule has 2 aromatic rings. The van der Waals surface area contributed by atoms with Crippen LogP contribution in [-0.4, -0.2) is 4.21 Å². The number of rotatable bonds is 4. The Morgan fingerprint density at radius 3 is 1.87 bits per heavy atom. The second kappa shape index (κ2) is 7.35. The lowest BCUT2D eigenvalue weighted by atomic mass is 10.1. The standard InChI is InChI=1S/C15H8BrF5OS/c16-9-3-1-8(2-4-9)7-23(22)6-5-10-11(17)13(19)15(21)14(20)12(10)18/h1-6H,7H2/b6-5+. The normalized spacial score (nSPS) is 12.8. The quantitative estimate of drug-likeness (QED) is 0.391. The lowest BCUT2D eigenvalue weighted by Crippen LogP contribution is -2.04. The average Bonchev–Trinajstić information content (AvgIpc) is 2.53. The third-order valence-corrected chi connectivity index (χ3v) is 4.44. The van der Waals surface area contributed by atoms with Gasteiger partial charge >= 0.3 is 0 Å². The van der Waals surface area contributed by atoms with Crippen LogP contribution in [0.25, 0.3) is 6.08 Å². The summed E-state index contributed by atoms with van der Waals surface area (Å²) >= 11 is 3.23. The number of benzene rings is 2. The summed E-state index contributed by atoms with van der Waals surface area (Å²) in [6, 6.07) is 6.82. The van der Waals surface area contributed by atoms with Crippen LogP contribution in [0.15, 0.2) is 34.1 Å². The van der Waals surface area contributed by atoms with Crippen molar-refractivity contribution < 1.29 is 26.2 Å². The van der Waals surface area contributed by atoms with Crippen LogP contribution in [-0.2, 0) is 16.6 Å². The molecule has 0 fully saturated rings. The Kier molecular flexibility index (Phi) is 5.69. The zero-order valence-corrected chi connectivity index (χ0v) is 13.7. The van der Waals surface area contributed by atoms with Crippen LogP contribution in [0.5, 0.6) is 0 Å². The summed E-state index contributed by atoms with van der Waals surface area (Å²) in [7, 11) is -1.68. The van der Waals surface area contributed by atoms with Crippen LogP contribution in [0.4, 0.5) is 22.0 Å². The monoisotopic (exact) mass is 410 g/mol. The van der Waals surface area contributed by atoms with E-state index in [1.807, 2.05) is 0 Å². The van der Waals surface area contributed by atoms with E-state index in [1.165, 1.54) is 0 Å². The van der Waals surface area contributed by atoms with Crippen molar-refractivity contribution in [2.24, 2.45) is 0 Å². The van der Waals surface area contributed by atoms with E-state index < -0.39 is 45.4 Å². The molecule has 23 heavy (non-hydrogen) atoms. The van der Waals surface area contributed by atoms with Gasteiger partial charge in [-0.3, -0.25) is 4.21 Å². The molecular formula is C15H8BrF5OS. The minimum Gasteiger partial charge on any atom is -0.255 e. The summed E-state index contributed by atoms with van der Waals surface area (Å²) < 4.78 is 78.5. The highest BCUT2D eigenvalue weighted by Gasteiger charge is 2.24. The molecule has 0 aliphatic rings. The minimum atomic E-state index is -2.23. The smallest absolute Gasteiger partial charge is 0.200 e. The predicted octanol–water partition coefficient (Wildman–Crippen LogP) is 5.06. The molecular weight excluding hydrogens is 403 g/mol. The third-order valence-electron chi connectivity index (χ3n) is 2.85. The van der Waals surface area contributed by atoms with Gasteiger partial charge in [0.05, 0.1) is 22.1 Å². The zero-order valence-electron chi connectivity index (χ0n) is 11.3. The molecule has 122 valence electrons. The first-order chi connectivity index (χ1) is 10.8. The minimum absolute atomic E-state index is 0.0409. The van der Waals surface area contributed by atoms with Crippen LogP contribution in [0.1, 0.15) is 11.1 Å². The van der Waals surface area contributed by atoms with E-state index >= 15 is 0 Å². The van der Waals surface area contributed by atoms with Crippen molar-refractivity contribution in [3.8, 4) is 0 Å². The Bertz CT molecular complexity index is 760. The van der Waals surface area contributed by atoms with Gasteiger partial charge < -0.3 is 0 Å². The van der Waals surface area contributed by atoms with Crippen molar-refractivity contribution in [2.75, 3.05) is 0 Å². The molecule has 2 rings (SSSR count). The zero-order chi connectivity index (χ0) is 17.1. The molecule has 0 saturated carbocycles. The van der Waals surface area contributed by atoms with Gasteiger partial charge in [0.1, 0.15) is 0 Å². The van der Waals surface area contributed by atoms with Gasteiger partial charge in [0.15, 0.2) is 23.3 Å². The molecule has 1 unspecified atom stereocenters. The SMILES string of the molecule is O=S(/C=C/c1c(F)c(F)c(F)c(F)c1F)Cc1ccc(Br)cc1. The van der Waals surface area contributed by atoms with E-state index in [9.17, 15) is 26.2 Å². The number of hydrogen-bond acceptors (Lipinski definition) is 1. The summed E-state index contributed by atoms with van der Waals surface area (Å²) in [6.45, 7) is 0. The van der Waals surface area contributed by atoms with Crippen molar-refractivity contribution >= 4 is 32.8 Å². The van der Waals surface area contributed by atoms with E-state index in [-0.39, 0.29) is 5.75 Å². The second-order valence-electron chi connectivity index (χ2n) is 4.44. The Hall–Kier alpha value is -1.54. The molecule has 0 amide bonds. The molecule has 0 aliphatic heterocycles. The first-order valence-electron chi connectivity index (χ1n) is 6.12. The van der Waals surface area contributed by atoms with Gasteiger partial charge in [-0.05, 0) is 23.8 Å². The highest BCUT2D eigenvalue weighted by molar-refractivity contribution is 9.10. The third kappa shape index (κ3) is 4.06. The summed E-state index contributed by atoms with van der Waals surface area (Å²) in [5, 5.41) is 0.889. The molecule has 0 N–H and O–H groups in total. The van der Waals surface area contributed by atoms with Gasteiger partial charge in [0.2, 0.25) is 5.82 Å². The van der Waals surface area contributed by atoms with Crippen LogP contribution in [0.3, 0.4) is 0 Å². The van der Waals surface area contributed by atoms with Crippen LogP contribution in [0, 0.1) is 29.1 Å². The van der Waals surface area contributed by atoms with Gasteiger partial charge in [-0.2, -0.15) is 0 Å². The first-order valence-corrected chi connectivity index (χ1v) is 8.30. The van der Waals surface area contributed by atoms with E-state index in [0.29, 0.717) is 11.6 Å². The molecule has 0 saturated heterocycles. The largest absolute Gasteiger partial charge is 0.255 e. The van der Waals surface area contributed by atoms with Crippen molar-refractivity contribution in [3.63, 3.8) is 0 Å². The highest BCUT2D eigenvalue weighted by Crippen LogP contribution is 2.24. The van der Waals surface area contributed by atoms with Crippen molar-refractivity contribution in [3.05, 3.63) is 74.4 Å². The molecule has 0 aliphatic carbocycles. The molecule has 8 heteroatoms. The molecule has 1 atom stereocenters. The topological polar surface area (TPSA) is 17.1 Å². The molecule has 0 spiro atoms. The molecule has 0 radical (unpaired) electrons. The van der Waals surface area contributed by atoms with Crippen LogP contribution in [0.2, 0.25) is 0 Å². The van der Waals surface area contributed by atoms with Gasteiger partial charge in [-0.25, -0.2) is 22.0 Å².